The van der Waals surface area contributed by atoms with Gasteiger partial charge in [-0.25, -0.2) is 4.79 Å². The van der Waals surface area contributed by atoms with Gasteiger partial charge in [0.25, 0.3) is 5.91 Å². The summed E-state index contributed by atoms with van der Waals surface area (Å²) in [6.45, 7) is 5.32. The van der Waals surface area contributed by atoms with E-state index in [1.807, 2.05) is 35.2 Å². The van der Waals surface area contributed by atoms with Gasteiger partial charge in [0.2, 0.25) is 0 Å². The van der Waals surface area contributed by atoms with Crippen molar-refractivity contribution in [3.8, 4) is 5.75 Å². The molecule has 1 amide bonds. The van der Waals surface area contributed by atoms with Gasteiger partial charge in [-0.3, -0.25) is 9.78 Å². The van der Waals surface area contributed by atoms with Gasteiger partial charge in [-0.05, 0) is 47.4 Å². The van der Waals surface area contributed by atoms with Crippen molar-refractivity contribution in [1.82, 2.24) is 9.88 Å². The largest absolute Gasteiger partial charge is 0.497 e. The molecule has 6 nitrogen and oxygen atoms in total. The summed E-state index contributed by atoms with van der Waals surface area (Å²) < 4.78 is 11.3. The van der Waals surface area contributed by atoms with Crippen LogP contribution in [0.15, 0.2) is 48.7 Å². The number of esters is 1. The van der Waals surface area contributed by atoms with Gasteiger partial charge < -0.3 is 14.4 Å². The summed E-state index contributed by atoms with van der Waals surface area (Å²) in [5, 5.41) is 0.868. The molecule has 2 aliphatic rings. The summed E-state index contributed by atoms with van der Waals surface area (Å²) in [4.78, 5) is 32.3. The maximum absolute atomic E-state index is 13.2. The Kier molecular flexibility index (Phi) is 5.31. The fraction of sp³-hybridized carbons (Fsp3) is 0.370. The lowest BCUT2D eigenvalue weighted by Crippen LogP contribution is -2.51. The molecule has 6 heteroatoms. The number of fused-ring (bicyclic) bond motifs is 2. The molecular formula is C27H28N2O4. The summed E-state index contributed by atoms with van der Waals surface area (Å²) in [7, 11) is 1.62. The first kappa shape index (κ1) is 21.4. The highest BCUT2D eigenvalue weighted by atomic mass is 16.6. The topological polar surface area (TPSA) is 68.7 Å². The molecule has 0 N–H and O–H groups in total. The van der Waals surface area contributed by atoms with E-state index in [0.717, 1.165) is 27.8 Å². The Bertz CT molecular complexity index is 1240. The van der Waals surface area contributed by atoms with Crippen LogP contribution in [0.3, 0.4) is 0 Å². The molecule has 3 heterocycles. The molecule has 0 bridgehead atoms. The van der Waals surface area contributed by atoms with Crippen molar-refractivity contribution < 1.29 is 19.1 Å². The molecule has 2 aliphatic heterocycles. The number of ether oxygens (including phenoxy) is 2. The summed E-state index contributed by atoms with van der Waals surface area (Å²) in [6.07, 6.45) is 3.59. The van der Waals surface area contributed by atoms with E-state index in [1.165, 1.54) is 0 Å². The van der Waals surface area contributed by atoms with Crippen LogP contribution in [0.25, 0.3) is 10.9 Å². The van der Waals surface area contributed by atoms with Crippen molar-refractivity contribution >= 4 is 22.8 Å². The number of hydrogen-bond acceptors (Lipinski definition) is 5. The van der Waals surface area contributed by atoms with Crippen LogP contribution in [0, 0.1) is 0 Å². The van der Waals surface area contributed by atoms with Crippen molar-refractivity contribution in [3.05, 3.63) is 70.9 Å². The Labute approximate surface area is 193 Å². The molecule has 33 heavy (non-hydrogen) atoms. The monoisotopic (exact) mass is 444 g/mol. The van der Waals surface area contributed by atoms with Crippen molar-refractivity contribution in [2.75, 3.05) is 20.2 Å². The second kappa shape index (κ2) is 8.18. The van der Waals surface area contributed by atoms with Crippen molar-refractivity contribution in [2.45, 2.75) is 44.6 Å². The lowest BCUT2D eigenvalue weighted by molar-refractivity contribution is -0.0527. The third kappa shape index (κ3) is 3.94. The average Bonchev–Trinajstić information content (AvgIpc) is 2.83. The number of likely N-dealkylation sites (tertiary alicyclic amines) is 1. The van der Waals surface area contributed by atoms with Crippen LogP contribution in [0.2, 0.25) is 0 Å². The van der Waals surface area contributed by atoms with E-state index >= 15 is 0 Å². The number of benzene rings is 2. The van der Waals surface area contributed by atoms with Gasteiger partial charge in [-0.2, -0.15) is 0 Å². The molecule has 170 valence electrons. The van der Waals surface area contributed by atoms with Crippen molar-refractivity contribution in [1.29, 1.82) is 0 Å². The van der Waals surface area contributed by atoms with E-state index < -0.39 is 5.60 Å². The minimum absolute atomic E-state index is 0.0498. The standard InChI is InChI=1S/C27H28N2O4/c1-17(2)18-4-5-19-15-27(33-26(31)23(19)14-18)8-10-29(11-9-27)25(30)21-12-20-13-22(32-3)6-7-24(20)28-16-21/h4-7,12-14,16-17H,8-11,15H2,1-3H3. The molecule has 0 atom stereocenters. The van der Waals surface area contributed by atoms with E-state index in [1.54, 1.807) is 13.3 Å². The SMILES string of the molecule is COc1ccc2ncc(C(=O)N3CCC4(CC3)Cc3ccc(C(C)C)cc3C(=O)O4)cc2c1. The number of aromatic nitrogens is 1. The van der Waals surface area contributed by atoms with E-state index in [4.69, 9.17) is 9.47 Å². The molecule has 0 unspecified atom stereocenters. The van der Waals surface area contributed by atoms with Crippen molar-refractivity contribution in [3.63, 3.8) is 0 Å². The Morgan fingerprint density at radius 2 is 1.91 bits per heavy atom. The van der Waals surface area contributed by atoms with Gasteiger partial charge in [-0.15, -0.1) is 0 Å². The normalized spacial score (nSPS) is 17.2. The molecule has 1 fully saturated rings. The predicted octanol–water partition coefficient (Wildman–Crippen LogP) is 4.75. The number of carbonyl (C=O) groups excluding carboxylic acids is 2. The molecule has 0 saturated carbocycles. The third-order valence-corrected chi connectivity index (χ3v) is 6.94. The van der Waals surface area contributed by atoms with E-state index in [2.05, 4.69) is 31.0 Å². The fourth-order valence-corrected chi connectivity index (χ4v) is 4.86. The summed E-state index contributed by atoms with van der Waals surface area (Å²) >= 11 is 0. The molecule has 3 aromatic rings. The molecule has 2 aromatic carbocycles. The number of piperidine rings is 1. The highest BCUT2D eigenvalue weighted by molar-refractivity contribution is 5.97. The molecule has 5 rings (SSSR count). The van der Waals surface area contributed by atoms with Gasteiger partial charge >= 0.3 is 5.97 Å². The van der Waals surface area contributed by atoms with Gasteiger partial charge in [0.05, 0.1) is 23.8 Å². The lowest BCUT2D eigenvalue weighted by atomic mass is 9.80. The first-order valence-electron chi connectivity index (χ1n) is 11.5. The van der Waals surface area contributed by atoms with E-state index in [0.29, 0.717) is 49.4 Å². The molecule has 0 radical (unpaired) electrons. The van der Waals surface area contributed by atoms with E-state index in [9.17, 15) is 9.59 Å². The highest BCUT2D eigenvalue weighted by Crippen LogP contribution is 2.37. The van der Waals surface area contributed by atoms with Gasteiger partial charge in [0.15, 0.2) is 0 Å². The molecule has 1 saturated heterocycles. The quantitative estimate of drug-likeness (QED) is 0.545. The van der Waals surface area contributed by atoms with Crippen LogP contribution in [-0.4, -0.2) is 47.6 Å². The number of rotatable bonds is 3. The van der Waals surface area contributed by atoms with Crippen molar-refractivity contribution in [2.24, 2.45) is 0 Å². The van der Waals surface area contributed by atoms with Gasteiger partial charge in [-0.1, -0.05) is 26.0 Å². The minimum atomic E-state index is -0.533. The number of methoxy groups -OCH3 is 1. The predicted molar refractivity (Wildman–Crippen MR) is 126 cm³/mol. The fourth-order valence-electron chi connectivity index (χ4n) is 4.86. The number of carbonyl (C=O) groups is 2. The molecule has 0 aliphatic carbocycles. The molecule has 1 spiro atoms. The van der Waals surface area contributed by atoms with E-state index in [-0.39, 0.29) is 11.9 Å². The Balaban J connectivity index is 1.31. The van der Waals surface area contributed by atoms with Crippen LogP contribution in [0.4, 0.5) is 0 Å². The zero-order valence-corrected chi connectivity index (χ0v) is 19.3. The Hall–Kier alpha value is -3.41. The maximum atomic E-state index is 13.2. The van der Waals surface area contributed by atoms with Crippen LogP contribution in [-0.2, 0) is 11.2 Å². The zero-order chi connectivity index (χ0) is 23.2. The summed E-state index contributed by atoms with van der Waals surface area (Å²) in [5.41, 5.74) is 3.71. The Morgan fingerprint density at radius 1 is 1.12 bits per heavy atom. The average molecular weight is 445 g/mol. The number of amides is 1. The maximum Gasteiger partial charge on any atom is 0.338 e. The smallest absolute Gasteiger partial charge is 0.338 e. The first-order chi connectivity index (χ1) is 15.9. The second-order valence-electron chi connectivity index (χ2n) is 9.40. The van der Waals surface area contributed by atoms with Gasteiger partial charge in [0, 0.05) is 43.9 Å². The molecule has 1 aromatic heterocycles. The van der Waals surface area contributed by atoms with Crippen LogP contribution >= 0.6 is 0 Å². The second-order valence-corrected chi connectivity index (χ2v) is 9.40. The van der Waals surface area contributed by atoms with Crippen LogP contribution < -0.4 is 4.74 Å². The Morgan fingerprint density at radius 3 is 2.64 bits per heavy atom. The number of nitrogens with zero attached hydrogens (tertiary/aromatic N) is 2. The van der Waals surface area contributed by atoms with Gasteiger partial charge in [0.1, 0.15) is 11.4 Å². The number of hydrogen-bond donors (Lipinski definition) is 0. The molecular weight excluding hydrogens is 416 g/mol. The van der Waals surface area contributed by atoms with Crippen LogP contribution in [0.1, 0.15) is 64.4 Å². The third-order valence-electron chi connectivity index (χ3n) is 6.94. The summed E-state index contributed by atoms with van der Waals surface area (Å²) in [6, 6.07) is 13.6. The lowest BCUT2D eigenvalue weighted by Gasteiger charge is -2.43. The highest BCUT2D eigenvalue weighted by Gasteiger charge is 2.43. The first-order valence-corrected chi connectivity index (χ1v) is 11.5. The summed E-state index contributed by atoms with van der Waals surface area (Å²) in [5.74, 6) is 0.796. The minimum Gasteiger partial charge on any atom is -0.497 e. The van der Waals surface area contributed by atoms with Crippen LogP contribution in [0.5, 0.6) is 5.75 Å². The zero-order valence-electron chi connectivity index (χ0n) is 19.3. The number of pyridine rings is 1.